The van der Waals surface area contributed by atoms with Crippen molar-refractivity contribution in [3.63, 3.8) is 0 Å². The molecule has 0 aliphatic carbocycles. The lowest BCUT2D eigenvalue weighted by molar-refractivity contribution is 0.0954. The number of halogens is 1. The van der Waals surface area contributed by atoms with Crippen LogP contribution in [0.5, 0.6) is 5.75 Å². The minimum absolute atomic E-state index is 0.0808. The molecule has 0 bridgehead atoms. The van der Waals surface area contributed by atoms with Crippen molar-refractivity contribution in [2.24, 2.45) is 0 Å². The molecule has 2 aromatic rings. The molecule has 8 heteroatoms. The van der Waals surface area contributed by atoms with Gasteiger partial charge in [-0.1, -0.05) is 12.1 Å². The highest BCUT2D eigenvalue weighted by Gasteiger charge is 2.23. The maximum atomic E-state index is 13.2. The van der Waals surface area contributed by atoms with Gasteiger partial charge in [-0.3, -0.25) is 4.79 Å². The fourth-order valence-electron chi connectivity index (χ4n) is 2.33. The topological polar surface area (TPSA) is 75.7 Å². The summed E-state index contributed by atoms with van der Waals surface area (Å²) in [7, 11) is 0.413. The maximum Gasteiger partial charge on any atom is 0.251 e. The van der Waals surface area contributed by atoms with Gasteiger partial charge in [0.1, 0.15) is 16.5 Å². The Bertz CT molecular complexity index is 898. The molecule has 0 heterocycles. The second kappa shape index (κ2) is 8.29. The molecule has 0 unspecified atom stereocenters. The van der Waals surface area contributed by atoms with Gasteiger partial charge in [0.05, 0.1) is 7.11 Å². The highest BCUT2D eigenvalue weighted by Crippen LogP contribution is 2.26. The Morgan fingerprint density at radius 2 is 1.92 bits per heavy atom. The van der Waals surface area contributed by atoms with Gasteiger partial charge in [-0.2, -0.15) is 0 Å². The van der Waals surface area contributed by atoms with E-state index in [4.69, 9.17) is 4.74 Å². The Hall–Kier alpha value is -2.45. The van der Waals surface area contributed by atoms with Gasteiger partial charge in [0.2, 0.25) is 10.0 Å². The molecule has 0 saturated carbocycles. The van der Waals surface area contributed by atoms with E-state index in [-0.39, 0.29) is 22.0 Å². The first-order valence-electron chi connectivity index (χ1n) is 7.89. The second-order valence-electron chi connectivity index (χ2n) is 5.79. The molecule has 140 valence electrons. The number of sulfonamides is 1. The van der Waals surface area contributed by atoms with Crippen LogP contribution in [-0.2, 0) is 16.4 Å². The van der Waals surface area contributed by atoms with Crippen molar-refractivity contribution in [1.29, 1.82) is 0 Å². The fraction of sp³-hybridized carbons (Fsp3) is 0.278. The van der Waals surface area contributed by atoms with Gasteiger partial charge in [0.25, 0.3) is 5.91 Å². The average molecular weight is 380 g/mol. The summed E-state index contributed by atoms with van der Waals surface area (Å²) in [5.41, 5.74) is 0.960. The first-order valence-corrected chi connectivity index (χ1v) is 9.33. The van der Waals surface area contributed by atoms with Crippen LogP contribution >= 0.6 is 0 Å². The molecule has 26 heavy (non-hydrogen) atoms. The van der Waals surface area contributed by atoms with Crippen LogP contribution in [-0.4, -0.2) is 46.4 Å². The van der Waals surface area contributed by atoms with Crippen molar-refractivity contribution >= 4 is 15.9 Å². The zero-order valence-corrected chi connectivity index (χ0v) is 15.6. The first kappa shape index (κ1) is 19.9. The van der Waals surface area contributed by atoms with E-state index in [0.717, 1.165) is 9.87 Å². The average Bonchev–Trinajstić information content (AvgIpc) is 2.61. The van der Waals surface area contributed by atoms with E-state index >= 15 is 0 Å². The smallest absolute Gasteiger partial charge is 0.251 e. The number of hydrogen-bond donors (Lipinski definition) is 1. The van der Waals surface area contributed by atoms with Gasteiger partial charge in [-0.25, -0.2) is 17.1 Å². The van der Waals surface area contributed by atoms with E-state index in [1.807, 2.05) is 0 Å². The summed E-state index contributed by atoms with van der Waals surface area (Å²) in [6.45, 7) is 0.296. The minimum Gasteiger partial charge on any atom is -0.495 e. The molecule has 0 aromatic heterocycles. The summed E-state index contributed by atoms with van der Waals surface area (Å²) >= 11 is 0. The van der Waals surface area contributed by atoms with E-state index < -0.39 is 15.9 Å². The van der Waals surface area contributed by atoms with Crippen molar-refractivity contribution in [3.05, 3.63) is 59.4 Å². The summed E-state index contributed by atoms with van der Waals surface area (Å²) in [4.78, 5) is 12.2. The molecule has 1 amide bonds. The molecule has 1 N–H and O–H groups in total. The van der Waals surface area contributed by atoms with Crippen molar-refractivity contribution < 1.29 is 22.3 Å². The molecule has 2 aromatic carbocycles. The number of ether oxygens (including phenoxy) is 1. The minimum atomic E-state index is -3.76. The second-order valence-corrected chi connectivity index (χ2v) is 7.91. The van der Waals surface area contributed by atoms with E-state index in [1.54, 1.807) is 12.1 Å². The van der Waals surface area contributed by atoms with Gasteiger partial charge < -0.3 is 10.1 Å². The number of benzene rings is 2. The number of amides is 1. The Morgan fingerprint density at radius 3 is 2.54 bits per heavy atom. The molecule has 2 rings (SSSR count). The number of methoxy groups -OCH3 is 1. The van der Waals surface area contributed by atoms with E-state index in [0.29, 0.717) is 13.0 Å². The third-order valence-electron chi connectivity index (χ3n) is 3.77. The Labute approximate surface area is 152 Å². The van der Waals surface area contributed by atoms with Gasteiger partial charge in [0.15, 0.2) is 0 Å². The zero-order chi connectivity index (χ0) is 19.3. The normalized spacial score (nSPS) is 11.4. The summed E-state index contributed by atoms with van der Waals surface area (Å²) in [6, 6.07) is 10.3. The van der Waals surface area contributed by atoms with Crippen LogP contribution in [0.1, 0.15) is 15.9 Å². The van der Waals surface area contributed by atoms with Gasteiger partial charge in [-0.15, -0.1) is 0 Å². The molecule has 0 saturated heterocycles. The largest absolute Gasteiger partial charge is 0.495 e. The van der Waals surface area contributed by atoms with Crippen LogP contribution in [0.15, 0.2) is 47.4 Å². The highest BCUT2D eigenvalue weighted by atomic mass is 32.2. The number of hydrogen-bond acceptors (Lipinski definition) is 4. The Balaban J connectivity index is 2.14. The predicted octanol–water partition coefficient (Wildman–Crippen LogP) is 2.06. The number of carbonyl (C=O) groups is 1. The van der Waals surface area contributed by atoms with Crippen molar-refractivity contribution in [2.75, 3.05) is 27.7 Å². The Morgan fingerprint density at radius 1 is 1.19 bits per heavy atom. The summed E-state index contributed by atoms with van der Waals surface area (Å²) in [6.07, 6.45) is 0.461. The summed E-state index contributed by atoms with van der Waals surface area (Å²) in [5.74, 6) is -0.586. The number of rotatable bonds is 7. The van der Waals surface area contributed by atoms with Gasteiger partial charge >= 0.3 is 0 Å². The number of nitrogens with one attached hydrogen (secondary N) is 1. The third-order valence-corrected chi connectivity index (χ3v) is 5.61. The molecular formula is C18H21FN2O4S. The van der Waals surface area contributed by atoms with Crippen LogP contribution in [0.3, 0.4) is 0 Å². The fourth-order valence-corrected chi connectivity index (χ4v) is 3.41. The van der Waals surface area contributed by atoms with Crippen molar-refractivity contribution in [2.45, 2.75) is 11.3 Å². The SMILES string of the molecule is COc1ccc(C(=O)NCCc2cccc(F)c2)cc1S(=O)(=O)N(C)C. The van der Waals surface area contributed by atoms with Crippen LogP contribution in [0.2, 0.25) is 0 Å². The Kier molecular flexibility index (Phi) is 6.33. The molecule has 6 nitrogen and oxygen atoms in total. The number of nitrogens with zero attached hydrogens (tertiary/aromatic N) is 1. The first-order chi connectivity index (χ1) is 12.3. The highest BCUT2D eigenvalue weighted by molar-refractivity contribution is 7.89. The molecule has 0 atom stereocenters. The van der Waals surface area contributed by atoms with Gasteiger partial charge in [-0.05, 0) is 42.3 Å². The van der Waals surface area contributed by atoms with Gasteiger partial charge in [0, 0.05) is 26.2 Å². The molecule has 0 radical (unpaired) electrons. The van der Waals surface area contributed by atoms with Crippen molar-refractivity contribution in [1.82, 2.24) is 9.62 Å². The third kappa shape index (κ3) is 4.59. The molecule has 0 spiro atoms. The van der Waals surface area contributed by atoms with Crippen LogP contribution in [0, 0.1) is 5.82 Å². The predicted molar refractivity (Wildman–Crippen MR) is 96.3 cm³/mol. The van der Waals surface area contributed by atoms with Crippen molar-refractivity contribution in [3.8, 4) is 5.75 Å². The molecule has 0 aliphatic heterocycles. The zero-order valence-electron chi connectivity index (χ0n) is 14.8. The lowest BCUT2D eigenvalue weighted by atomic mass is 10.1. The quantitative estimate of drug-likeness (QED) is 0.798. The van der Waals surface area contributed by atoms with Crippen LogP contribution in [0.25, 0.3) is 0 Å². The van der Waals surface area contributed by atoms with Crippen LogP contribution < -0.4 is 10.1 Å². The monoisotopic (exact) mass is 380 g/mol. The number of carbonyl (C=O) groups excluding carboxylic acids is 1. The van der Waals surface area contributed by atoms with E-state index in [2.05, 4.69) is 5.32 Å². The lowest BCUT2D eigenvalue weighted by Crippen LogP contribution is -2.27. The molecule has 0 aliphatic rings. The van der Waals surface area contributed by atoms with Crippen LogP contribution in [0.4, 0.5) is 4.39 Å². The maximum absolute atomic E-state index is 13.2. The molecular weight excluding hydrogens is 359 g/mol. The lowest BCUT2D eigenvalue weighted by Gasteiger charge is -2.15. The van der Waals surface area contributed by atoms with E-state index in [1.165, 1.54) is 51.5 Å². The van der Waals surface area contributed by atoms with E-state index in [9.17, 15) is 17.6 Å². The summed E-state index contributed by atoms with van der Waals surface area (Å²) < 4.78 is 44.1. The molecule has 0 fully saturated rings. The summed E-state index contributed by atoms with van der Waals surface area (Å²) in [5, 5.41) is 2.70. The standard InChI is InChI=1S/C18H21FN2O4S/c1-21(2)26(23,24)17-12-14(7-8-16(17)25-3)18(22)20-10-9-13-5-4-6-15(19)11-13/h4-8,11-12H,9-10H2,1-3H3,(H,20,22).